The van der Waals surface area contributed by atoms with Crippen LogP contribution in [0.3, 0.4) is 0 Å². The van der Waals surface area contributed by atoms with Crippen molar-refractivity contribution < 1.29 is 4.79 Å². The number of nitrogens with zero attached hydrogens (tertiary/aromatic N) is 1. The molecule has 1 aliphatic heterocycles. The molecule has 2 heteroatoms. The number of rotatable bonds is 3. The van der Waals surface area contributed by atoms with E-state index in [0.29, 0.717) is 11.9 Å². The largest absolute Gasteiger partial charge is 0.339 e. The van der Waals surface area contributed by atoms with E-state index in [0.717, 1.165) is 13.0 Å². The Balaban J connectivity index is 2.83. The molecule has 0 aromatic heterocycles. The molecule has 1 unspecified atom stereocenters. The van der Waals surface area contributed by atoms with Crippen LogP contribution in [0.25, 0.3) is 0 Å². The smallest absolute Gasteiger partial charge is 0.225 e. The van der Waals surface area contributed by atoms with Gasteiger partial charge in [0.1, 0.15) is 0 Å². The Morgan fingerprint density at radius 1 is 1.38 bits per heavy atom. The van der Waals surface area contributed by atoms with Crippen LogP contribution in [0.5, 0.6) is 0 Å². The molecular formula is C14H27NO. The molecule has 1 amide bonds. The van der Waals surface area contributed by atoms with Gasteiger partial charge in [-0.15, -0.1) is 0 Å². The molecule has 0 bridgehead atoms. The number of hydrogen-bond acceptors (Lipinski definition) is 1. The van der Waals surface area contributed by atoms with E-state index in [9.17, 15) is 4.79 Å². The summed E-state index contributed by atoms with van der Waals surface area (Å²) in [7, 11) is 0. The summed E-state index contributed by atoms with van der Waals surface area (Å²) in [5.74, 6) is 0.472. The zero-order chi connectivity index (χ0) is 12.3. The summed E-state index contributed by atoms with van der Waals surface area (Å²) in [6.45, 7) is 11.8. The van der Waals surface area contributed by atoms with Gasteiger partial charge in [-0.05, 0) is 31.1 Å². The van der Waals surface area contributed by atoms with Crippen molar-refractivity contribution in [1.82, 2.24) is 4.90 Å². The summed E-state index contributed by atoms with van der Waals surface area (Å²) in [6.07, 6.45) is 4.77. The highest BCUT2D eigenvalue weighted by Gasteiger charge is 2.37. The van der Waals surface area contributed by atoms with Gasteiger partial charge in [-0.1, -0.05) is 34.6 Å². The molecule has 1 atom stereocenters. The van der Waals surface area contributed by atoms with Crippen LogP contribution in [-0.2, 0) is 4.79 Å². The lowest BCUT2D eigenvalue weighted by Gasteiger charge is -2.45. The highest BCUT2D eigenvalue weighted by atomic mass is 16.2. The fourth-order valence-electron chi connectivity index (χ4n) is 2.58. The Labute approximate surface area is 100 Å². The molecule has 1 saturated heterocycles. The summed E-state index contributed by atoms with van der Waals surface area (Å²) in [5, 5.41) is 0. The number of likely N-dealkylation sites (tertiary alicyclic amines) is 1. The second-order valence-electron chi connectivity index (χ2n) is 6.04. The number of hydrogen-bond donors (Lipinski definition) is 0. The maximum Gasteiger partial charge on any atom is 0.225 e. The minimum absolute atomic E-state index is 0.133. The lowest BCUT2D eigenvalue weighted by atomic mass is 9.76. The van der Waals surface area contributed by atoms with Gasteiger partial charge in [0.15, 0.2) is 0 Å². The molecule has 1 aliphatic rings. The SMILES string of the molecule is CCC(C)(C)C1CCCCN1C(=O)C(C)C. The molecule has 16 heavy (non-hydrogen) atoms. The van der Waals surface area contributed by atoms with Crippen LogP contribution in [0.1, 0.15) is 60.3 Å². The fraction of sp³-hybridized carbons (Fsp3) is 0.929. The van der Waals surface area contributed by atoms with Gasteiger partial charge in [-0.2, -0.15) is 0 Å². The standard InChI is InChI=1S/C14H27NO/c1-6-14(4,5)12-9-7-8-10-15(12)13(16)11(2)3/h11-12H,6-10H2,1-5H3. The highest BCUT2D eigenvalue weighted by Crippen LogP contribution is 2.35. The van der Waals surface area contributed by atoms with Crippen molar-refractivity contribution in [2.75, 3.05) is 6.54 Å². The Hall–Kier alpha value is -0.530. The molecule has 1 fully saturated rings. The van der Waals surface area contributed by atoms with Gasteiger partial charge in [0, 0.05) is 18.5 Å². The number of carbonyl (C=O) groups is 1. The van der Waals surface area contributed by atoms with Crippen LogP contribution in [0.2, 0.25) is 0 Å². The van der Waals surface area contributed by atoms with Crippen LogP contribution >= 0.6 is 0 Å². The summed E-state index contributed by atoms with van der Waals surface area (Å²) in [5.41, 5.74) is 0.255. The van der Waals surface area contributed by atoms with Crippen molar-refractivity contribution >= 4 is 5.91 Å². The van der Waals surface area contributed by atoms with E-state index in [4.69, 9.17) is 0 Å². The van der Waals surface area contributed by atoms with Gasteiger partial charge in [0.05, 0.1) is 0 Å². The minimum atomic E-state index is 0.133. The van der Waals surface area contributed by atoms with Crippen LogP contribution < -0.4 is 0 Å². The Bertz CT molecular complexity index is 245. The highest BCUT2D eigenvalue weighted by molar-refractivity contribution is 5.78. The van der Waals surface area contributed by atoms with Crippen LogP contribution in [0.15, 0.2) is 0 Å². The summed E-state index contributed by atoms with van der Waals surface area (Å²) < 4.78 is 0. The molecule has 1 rings (SSSR count). The molecule has 0 aromatic rings. The van der Waals surface area contributed by atoms with E-state index in [1.54, 1.807) is 0 Å². The molecule has 0 saturated carbocycles. The first kappa shape index (κ1) is 13.5. The van der Waals surface area contributed by atoms with Crippen molar-refractivity contribution in [2.45, 2.75) is 66.3 Å². The number of piperidine rings is 1. The van der Waals surface area contributed by atoms with Gasteiger partial charge in [-0.25, -0.2) is 0 Å². The second kappa shape index (κ2) is 5.20. The first-order chi connectivity index (χ1) is 7.40. The molecule has 0 aromatic carbocycles. The predicted octanol–water partition coefficient (Wildman–Crippen LogP) is 3.46. The van der Waals surface area contributed by atoms with Gasteiger partial charge in [0.25, 0.3) is 0 Å². The van der Waals surface area contributed by atoms with Crippen LogP contribution in [0.4, 0.5) is 0 Å². The van der Waals surface area contributed by atoms with Gasteiger partial charge >= 0.3 is 0 Å². The third-order valence-corrected chi connectivity index (χ3v) is 4.09. The van der Waals surface area contributed by atoms with Gasteiger partial charge in [-0.3, -0.25) is 4.79 Å². The van der Waals surface area contributed by atoms with Gasteiger partial charge in [0.2, 0.25) is 5.91 Å². The van der Waals surface area contributed by atoms with E-state index in [1.807, 2.05) is 13.8 Å². The van der Waals surface area contributed by atoms with E-state index >= 15 is 0 Å². The third-order valence-electron chi connectivity index (χ3n) is 4.09. The van der Waals surface area contributed by atoms with E-state index in [2.05, 4.69) is 25.7 Å². The zero-order valence-electron chi connectivity index (χ0n) is 11.5. The van der Waals surface area contributed by atoms with Crippen LogP contribution in [-0.4, -0.2) is 23.4 Å². The van der Waals surface area contributed by atoms with Crippen LogP contribution in [0, 0.1) is 11.3 Å². The van der Waals surface area contributed by atoms with E-state index in [-0.39, 0.29) is 11.3 Å². The Morgan fingerprint density at radius 2 is 2.00 bits per heavy atom. The lowest BCUT2D eigenvalue weighted by Crippen LogP contribution is -2.52. The zero-order valence-corrected chi connectivity index (χ0v) is 11.5. The first-order valence-corrected chi connectivity index (χ1v) is 6.70. The summed E-state index contributed by atoms with van der Waals surface area (Å²) >= 11 is 0. The molecule has 0 spiro atoms. The third kappa shape index (κ3) is 2.78. The maximum absolute atomic E-state index is 12.2. The topological polar surface area (TPSA) is 20.3 Å². The van der Waals surface area contributed by atoms with Crippen molar-refractivity contribution in [3.05, 3.63) is 0 Å². The average molecular weight is 225 g/mol. The Kier molecular flexibility index (Phi) is 4.40. The molecule has 94 valence electrons. The second-order valence-corrected chi connectivity index (χ2v) is 6.04. The van der Waals surface area contributed by atoms with E-state index < -0.39 is 0 Å². The first-order valence-electron chi connectivity index (χ1n) is 6.70. The fourth-order valence-corrected chi connectivity index (χ4v) is 2.58. The Morgan fingerprint density at radius 3 is 2.50 bits per heavy atom. The summed E-state index contributed by atoms with van der Waals surface area (Å²) in [4.78, 5) is 14.3. The molecule has 0 aliphatic carbocycles. The quantitative estimate of drug-likeness (QED) is 0.720. The molecule has 0 N–H and O–H groups in total. The molecule has 1 heterocycles. The summed E-state index contributed by atoms with van der Waals surface area (Å²) in [6, 6.07) is 0.446. The van der Waals surface area contributed by atoms with Crippen molar-refractivity contribution in [3.8, 4) is 0 Å². The number of carbonyl (C=O) groups excluding carboxylic acids is 1. The lowest BCUT2D eigenvalue weighted by molar-refractivity contribution is -0.141. The molecular weight excluding hydrogens is 198 g/mol. The van der Waals surface area contributed by atoms with Crippen molar-refractivity contribution in [3.63, 3.8) is 0 Å². The molecule has 2 nitrogen and oxygen atoms in total. The van der Waals surface area contributed by atoms with Crippen molar-refractivity contribution in [1.29, 1.82) is 0 Å². The normalized spacial score (nSPS) is 22.6. The molecule has 0 radical (unpaired) electrons. The minimum Gasteiger partial charge on any atom is -0.339 e. The number of amides is 1. The van der Waals surface area contributed by atoms with Gasteiger partial charge < -0.3 is 4.90 Å². The maximum atomic E-state index is 12.2. The average Bonchev–Trinajstić information content (AvgIpc) is 2.28. The monoisotopic (exact) mass is 225 g/mol. The van der Waals surface area contributed by atoms with Crippen molar-refractivity contribution in [2.24, 2.45) is 11.3 Å². The van der Waals surface area contributed by atoms with E-state index in [1.165, 1.54) is 19.3 Å². The predicted molar refractivity (Wildman–Crippen MR) is 68.3 cm³/mol.